The lowest BCUT2D eigenvalue weighted by molar-refractivity contribution is -0.786. The Kier molecular flexibility index (Phi) is 3.83. The summed E-state index contributed by atoms with van der Waals surface area (Å²) in [5.74, 6) is 0. The number of alkyl carbamates (subject to hydrolysis) is 1. The van der Waals surface area contributed by atoms with Crippen LogP contribution in [0.15, 0.2) is 0 Å². The van der Waals surface area contributed by atoms with E-state index in [9.17, 15) is 14.9 Å². The lowest BCUT2D eigenvalue weighted by Gasteiger charge is -2.68. The highest BCUT2D eigenvalue weighted by Gasteiger charge is 2.67. The van der Waals surface area contributed by atoms with E-state index in [-0.39, 0.29) is 16.2 Å². The van der Waals surface area contributed by atoms with Crippen LogP contribution in [0.2, 0.25) is 0 Å². The molecule has 0 spiro atoms. The first-order chi connectivity index (χ1) is 11.3. The van der Waals surface area contributed by atoms with Gasteiger partial charge in [0, 0.05) is 6.54 Å². The molecule has 4 aliphatic carbocycles. The molecule has 2 unspecified atom stereocenters. The average molecular weight is 354 g/mol. The molecule has 7 heteroatoms. The molecule has 2 atom stereocenters. The molecule has 1 N–H and O–H groups in total. The lowest BCUT2D eigenvalue weighted by atomic mass is 9.39. The Hall–Kier alpha value is -1.53. The van der Waals surface area contributed by atoms with E-state index >= 15 is 0 Å². The third kappa shape index (κ3) is 3.70. The fourth-order valence-electron chi connectivity index (χ4n) is 6.85. The van der Waals surface area contributed by atoms with Crippen LogP contribution in [0.25, 0.3) is 0 Å². The van der Waals surface area contributed by atoms with Gasteiger partial charge in [0.15, 0.2) is 0 Å². The van der Waals surface area contributed by atoms with Gasteiger partial charge >= 0.3 is 6.09 Å². The van der Waals surface area contributed by atoms with E-state index in [1.165, 1.54) is 0 Å². The molecular weight excluding hydrogens is 324 g/mol. The van der Waals surface area contributed by atoms with Gasteiger partial charge in [-0.15, -0.1) is 10.1 Å². The van der Waals surface area contributed by atoms with Crippen molar-refractivity contribution >= 4 is 6.09 Å². The minimum Gasteiger partial charge on any atom is -0.444 e. The van der Waals surface area contributed by atoms with Crippen LogP contribution in [-0.4, -0.2) is 28.9 Å². The summed E-state index contributed by atoms with van der Waals surface area (Å²) in [6.45, 7) is 10.4. The number of hydrogen-bond acceptors (Lipinski definition) is 5. The van der Waals surface area contributed by atoms with Crippen LogP contribution in [0.1, 0.15) is 73.1 Å². The highest BCUT2D eigenvalue weighted by Crippen LogP contribution is 2.71. The van der Waals surface area contributed by atoms with Gasteiger partial charge in [-0.2, -0.15) is 0 Å². The normalized spacial score (nSPS) is 42.1. The molecule has 0 aromatic carbocycles. The molecule has 1 amide bonds. The molecular formula is C18H30N2O5. The number of ether oxygens (including phenoxy) is 1. The van der Waals surface area contributed by atoms with Crippen molar-refractivity contribution in [2.45, 2.75) is 84.3 Å². The fraction of sp³-hybridized carbons (Fsp3) is 0.944. The second-order valence-corrected chi connectivity index (χ2v) is 10.5. The maximum atomic E-state index is 12.1. The average Bonchev–Trinajstić information content (AvgIpc) is 2.27. The minimum atomic E-state index is -0.711. The van der Waals surface area contributed by atoms with Crippen molar-refractivity contribution in [1.82, 2.24) is 5.32 Å². The van der Waals surface area contributed by atoms with E-state index in [2.05, 4.69) is 19.2 Å². The molecule has 4 aliphatic rings. The largest absolute Gasteiger partial charge is 0.444 e. The first-order valence-corrected chi connectivity index (χ1v) is 9.06. The molecule has 0 aromatic heterocycles. The van der Waals surface area contributed by atoms with E-state index in [0.29, 0.717) is 13.0 Å². The van der Waals surface area contributed by atoms with Crippen LogP contribution in [0, 0.1) is 26.4 Å². The SMILES string of the molecule is CC12CC3(C)CC(CNC(=O)OC(C)(C)C)(C1)CC(O[N+](=O)[O-])(C2)C3. The third-order valence-corrected chi connectivity index (χ3v) is 5.93. The molecule has 0 radical (unpaired) electrons. The number of rotatable bonds is 4. The molecule has 142 valence electrons. The summed E-state index contributed by atoms with van der Waals surface area (Å²) in [4.78, 5) is 28.5. The van der Waals surface area contributed by atoms with E-state index in [1.807, 2.05) is 20.8 Å². The molecule has 4 rings (SSSR count). The first-order valence-electron chi connectivity index (χ1n) is 9.06. The van der Waals surface area contributed by atoms with Crippen LogP contribution < -0.4 is 5.32 Å². The lowest BCUT2D eigenvalue weighted by Crippen LogP contribution is -2.66. The number of amides is 1. The molecule has 25 heavy (non-hydrogen) atoms. The van der Waals surface area contributed by atoms with Gasteiger partial charge < -0.3 is 14.9 Å². The predicted molar refractivity (Wildman–Crippen MR) is 91.4 cm³/mol. The van der Waals surface area contributed by atoms with Crippen molar-refractivity contribution < 1.29 is 19.5 Å². The van der Waals surface area contributed by atoms with Gasteiger partial charge in [0.2, 0.25) is 0 Å². The van der Waals surface area contributed by atoms with Gasteiger partial charge in [-0.25, -0.2) is 4.79 Å². The van der Waals surface area contributed by atoms with Crippen molar-refractivity contribution in [2.24, 2.45) is 16.2 Å². The van der Waals surface area contributed by atoms with Crippen molar-refractivity contribution in [1.29, 1.82) is 0 Å². The van der Waals surface area contributed by atoms with E-state index in [1.54, 1.807) is 0 Å². The molecule has 4 fully saturated rings. The van der Waals surface area contributed by atoms with Crippen molar-refractivity contribution in [2.75, 3.05) is 6.54 Å². The highest BCUT2D eigenvalue weighted by atomic mass is 17.0. The summed E-state index contributed by atoms with van der Waals surface area (Å²) >= 11 is 0. The summed E-state index contributed by atoms with van der Waals surface area (Å²) in [6.07, 6.45) is 4.65. The summed E-state index contributed by atoms with van der Waals surface area (Å²) < 4.78 is 5.35. The monoisotopic (exact) mass is 354 g/mol. The Labute approximate surface area is 148 Å². The number of hydrogen-bond donors (Lipinski definition) is 1. The maximum absolute atomic E-state index is 12.1. The zero-order valence-electron chi connectivity index (χ0n) is 15.9. The van der Waals surface area contributed by atoms with Crippen LogP contribution >= 0.6 is 0 Å². The predicted octanol–water partition coefficient (Wildman–Crippen LogP) is 3.84. The van der Waals surface area contributed by atoms with Gasteiger partial charge in [0.05, 0.1) is 0 Å². The topological polar surface area (TPSA) is 90.7 Å². The Morgan fingerprint density at radius 1 is 1.08 bits per heavy atom. The Morgan fingerprint density at radius 2 is 1.64 bits per heavy atom. The standard InChI is InChI=1S/C18H30N2O5/c1-14(2,3)24-13(21)19-12-17-7-15(4)6-16(5,8-17)10-18(9-15,11-17)25-20(22)23/h6-12H2,1-5H3,(H,19,21). The minimum absolute atomic E-state index is 0.0229. The number of carbonyl (C=O) groups is 1. The molecule has 0 aromatic rings. The first kappa shape index (κ1) is 18.3. The van der Waals surface area contributed by atoms with Gasteiger partial charge in [0.25, 0.3) is 5.09 Å². The van der Waals surface area contributed by atoms with Crippen molar-refractivity contribution in [3.05, 3.63) is 10.1 Å². The molecule has 7 nitrogen and oxygen atoms in total. The zero-order valence-corrected chi connectivity index (χ0v) is 15.9. The summed E-state index contributed by atoms with van der Waals surface area (Å²) in [7, 11) is 0. The van der Waals surface area contributed by atoms with E-state index in [4.69, 9.17) is 9.57 Å². The van der Waals surface area contributed by atoms with Gasteiger partial charge in [0.1, 0.15) is 11.2 Å². The van der Waals surface area contributed by atoms with Gasteiger partial charge in [-0.3, -0.25) is 0 Å². The molecule has 0 aliphatic heterocycles. The summed E-state index contributed by atoms with van der Waals surface area (Å²) in [6, 6.07) is 0. The number of nitrogens with zero attached hydrogens (tertiary/aromatic N) is 1. The van der Waals surface area contributed by atoms with Crippen LogP contribution in [0.3, 0.4) is 0 Å². The maximum Gasteiger partial charge on any atom is 0.407 e. The van der Waals surface area contributed by atoms with E-state index < -0.39 is 22.4 Å². The summed E-state index contributed by atoms with van der Waals surface area (Å²) in [5, 5.41) is 13.4. The molecule has 4 saturated carbocycles. The summed E-state index contributed by atoms with van der Waals surface area (Å²) in [5.41, 5.74) is -1.37. The highest BCUT2D eigenvalue weighted by molar-refractivity contribution is 5.67. The Morgan fingerprint density at radius 3 is 2.12 bits per heavy atom. The quantitative estimate of drug-likeness (QED) is 0.612. The van der Waals surface area contributed by atoms with Crippen LogP contribution in [0.5, 0.6) is 0 Å². The van der Waals surface area contributed by atoms with Crippen LogP contribution in [-0.2, 0) is 9.57 Å². The molecule has 0 heterocycles. The smallest absolute Gasteiger partial charge is 0.407 e. The molecule has 4 bridgehead atoms. The molecule has 0 saturated heterocycles. The zero-order chi connectivity index (χ0) is 18.7. The Balaban J connectivity index is 1.79. The van der Waals surface area contributed by atoms with Crippen molar-refractivity contribution in [3.63, 3.8) is 0 Å². The van der Waals surface area contributed by atoms with Crippen molar-refractivity contribution in [3.8, 4) is 0 Å². The number of carbonyl (C=O) groups excluding carboxylic acids is 1. The second kappa shape index (κ2) is 5.24. The fourth-order valence-corrected chi connectivity index (χ4v) is 6.85. The second-order valence-electron chi connectivity index (χ2n) is 10.5. The van der Waals surface area contributed by atoms with Crippen LogP contribution in [0.4, 0.5) is 4.79 Å². The number of nitrogens with one attached hydrogen (secondary N) is 1. The van der Waals surface area contributed by atoms with Gasteiger partial charge in [-0.05, 0) is 75.5 Å². The van der Waals surface area contributed by atoms with Gasteiger partial charge in [-0.1, -0.05) is 13.8 Å². The van der Waals surface area contributed by atoms with E-state index in [0.717, 1.165) is 32.1 Å². The third-order valence-electron chi connectivity index (χ3n) is 5.93. The Bertz CT molecular complexity index is 579.